The minimum atomic E-state index is 0.458. The fraction of sp³-hybridized carbons (Fsp3) is 0.375. The molecule has 1 fully saturated rings. The van der Waals surface area contributed by atoms with Gasteiger partial charge in [-0.05, 0) is 12.1 Å². The van der Waals surface area contributed by atoms with Crippen molar-refractivity contribution < 1.29 is 4.74 Å². The summed E-state index contributed by atoms with van der Waals surface area (Å²) >= 11 is 0. The van der Waals surface area contributed by atoms with Crippen molar-refractivity contribution in [3.63, 3.8) is 0 Å². The van der Waals surface area contributed by atoms with Crippen molar-refractivity contribution in [1.29, 1.82) is 0 Å². The van der Waals surface area contributed by atoms with Crippen LogP contribution in [-0.2, 0) is 4.74 Å². The molecule has 0 bridgehead atoms. The van der Waals surface area contributed by atoms with Crippen LogP contribution in [0.3, 0.4) is 0 Å². The number of hydrogen-bond acceptors (Lipinski definition) is 8. The van der Waals surface area contributed by atoms with Gasteiger partial charge >= 0.3 is 0 Å². The number of morpholine rings is 1. The minimum Gasteiger partial charge on any atom is -0.393 e. The summed E-state index contributed by atoms with van der Waals surface area (Å²) in [5, 5.41) is 11.6. The normalized spacial score (nSPS) is 15.5. The van der Waals surface area contributed by atoms with Crippen LogP contribution in [-0.4, -0.2) is 69.3 Å². The standard InChI is InChI=1S/C16H20N8O/c17-14-15(18-5-6-23-7-9-25-10-8-23)19-11-20-16(14)24-13-4-2-1-3-12(13)21-22-24/h1-4,11H,5-10,17H2,(H,18,19,20). The molecule has 0 spiro atoms. The first kappa shape index (κ1) is 15.7. The van der Waals surface area contributed by atoms with Gasteiger partial charge in [0.25, 0.3) is 0 Å². The summed E-state index contributed by atoms with van der Waals surface area (Å²) in [6, 6.07) is 7.69. The first-order chi connectivity index (χ1) is 12.3. The molecule has 1 saturated heterocycles. The van der Waals surface area contributed by atoms with E-state index in [0.29, 0.717) is 17.3 Å². The highest BCUT2D eigenvalue weighted by atomic mass is 16.5. The molecule has 130 valence electrons. The van der Waals surface area contributed by atoms with E-state index in [1.165, 1.54) is 6.33 Å². The van der Waals surface area contributed by atoms with Crippen molar-refractivity contribution in [3.05, 3.63) is 30.6 Å². The van der Waals surface area contributed by atoms with E-state index in [1.807, 2.05) is 24.3 Å². The van der Waals surface area contributed by atoms with E-state index in [4.69, 9.17) is 10.5 Å². The molecular weight excluding hydrogens is 320 g/mol. The molecule has 0 atom stereocenters. The zero-order chi connectivity index (χ0) is 17.1. The molecule has 0 radical (unpaired) electrons. The highest BCUT2D eigenvalue weighted by Crippen LogP contribution is 2.23. The van der Waals surface area contributed by atoms with E-state index in [2.05, 4.69) is 30.5 Å². The quantitative estimate of drug-likeness (QED) is 0.693. The van der Waals surface area contributed by atoms with Gasteiger partial charge in [0.2, 0.25) is 0 Å². The first-order valence-electron chi connectivity index (χ1n) is 8.28. The topological polar surface area (TPSA) is 107 Å². The smallest absolute Gasteiger partial charge is 0.184 e. The molecule has 1 aromatic carbocycles. The Bertz CT molecular complexity index is 858. The molecule has 3 heterocycles. The van der Waals surface area contributed by atoms with Gasteiger partial charge in [0, 0.05) is 26.2 Å². The zero-order valence-electron chi connectivity index (χ0n) is 13.8. The van der Waals surface area contributed by atoms with Crippen LogP contribution in [0.15, 0.2) is 30.6 Å². The number of anilines is 2. The van der Waals surface area contributed by atoms with E-state index in [0.717, 1.165) is 50.4 Å². The predicted octanol–water partition coefficient (Wildman–Crippen LogP) is 0.537. The third kappa shape index (κ3) is 3.24. The predicted molar refractivity (Wildman–Crippen MR) is 94.6 cm³/mol. The van der Waals surface area contributed by atoms with Crippen molar-refractivity contribution in [2.45, 2.75) is 0 Å². The summed E-state index contributed by atoms with van der Waals surface area (Å²) in [4.78, 5) is 10.9. The number of para-hydroxylation sites is 1. The van der Waals surface area contributed by atoms with Crippen LogP contribution in [0.25, 0.3) is 16.9 Å². The fourth-order valence-corrected chi connectivity index (χ4v) is 2.88. The highest BCUT2D eigenvalue weighted by Gasteiger charge is 2.14. The van der Waals surface area contributed by atoms with Gasteiger partial charge in [-0.3, -0.25) is 4.90 Å². The minimum absolute atomic E-state index is 0.458. The Morgan fingerprint density at radius 1 is 1.16 bits per heavy atom. The van der Waals surface area contributed by atoms with E-state index in [1.54, 1.807) is 4.68 Å². The maximum Gasteiger partial charge on any atom is 0.184 e. The summed E-state index contributed by atoms with van der Waals surface area (Å²) in [6.07, 6.45) is 1.49. The lowest BCUT2D eigenvalue weighted by Crippen LogP contribution is -2.39. The second-order valence-corrected chi connectivity index (χ2v) is 5.83. The van der Waals surface area contributed by atoms with Gasteiger partial charge in [-0.2, -0.15) is 4.68 Å². The lowest BCUT2D eigenvalue weighted by molar-refractivity contribution is 0.0398. The number of nitrogens with one attached hydrogen (secondary N) is 1. The van der Waals surface area contributed by atoms with Crippen molar-refractivity contribution in [2.24, 2.45) is 0 Å². The number of nitrogens with two attached hydrogens (primary N) is 1. The summed E-state index contributed by atoms with van der Waals surface area (Å²) in [5.41, 5.74) is 8.38. The summed E-state index contributed by atoms with van der Waals surface area (Å²) in [5.74, 6) is 1.13. The van der Waals surface area contributed by atoms with Crippen molar-refractivity contribution >= 4 is 22.5 Å². The molecule has 9 heteroatoms. The maximum absolute atomic E-state index is 6.28. The van der Waals surface area contributed by atoms with Crippen LogP contribution >= 0.6 is 0 Å². The first-order valence-corrected chi connectivity index (χ1v) is 8.28. The van der Waals surface area contributed by atoms with Crippen LogP contribution in [0.5, 0.6) is 0 Å². The second kappa shape index (κ2) is 6.99. The van der Waals surface area contributed by atoms with Gasteiger partial charge in [0.15, 0.2) is 11.6 Å². The Morgan fingerprint density at radius 2 is 2.00 bits per heavy atom. The molecule has 9 nitrogen and oxygen atoms in total. The number of nitrogen functional groups attached to an aromatic ring is 1. The highest BCUT2D eigenvalue weighted by molar-refractivity contribution is 5.78. The Hall–Kier alpha value is -2.78. The molecule has 3 N–H and O–H groups in total. The number of rotatable bonds is 5. The Labute approximate surface area is 144 Å². The molecular formula is C16H20N8O. The van der Waals surface area contributed by atoms with Crippen LogP contribution in [0.4, 0.5) is 11.5 Å². The number of hydrogen-bond donors (Lipinski definition) is 2. The molecule has 25 heavy (non-hydrogen) atoms. The summed E-state index contributed by atoms with van der Waals surface area (Å²) < 4.78 is 7.00. The molecule has 3 aromatic rings. The number of nitrogens with zero attached hydrogens (tertiary/aromatic N) is 6. The Balaban J connectivity index is 1.52. The second-order valence-electron chi connectivity index (χ2n) is 5.83. The van der Waals surface area contributed by atoms with Crippen molar-refractivity contribution in [3.8, 4) is 5.82 Å². The lowest BCUT2D eigenvalue weighted by Gasteiger charge is -2.26. The third-order valence-corrected chi connectivity index (χ3v) is 4.24. The van der Waals surface area contributed by atoms with Gasteiger partial charge in [-0.25, -0.2) is 9.97 Å². The number of aromatic nitrogens is 5. The van der Waals surface area contributed by atoms with E-state index in [-0.39, 0.29) is 0 Å². The molecule has 4 rings (SSSR count). The molecule has 0 amide bonds. The SMILES string of the molecule is Nc1c(NCCN2CCOCC2)ncnc1-n1nnc2ccccc21. The summed E-state index contributed by atoms with van der Waals surface area (Å²) in [6.45, 7) is 5.15. The lowest BCUT2D eigenvalue weighted by atomic mass is 10.3. The van der Waals surface area contributed by atoms with E-state index < -0.39 is 0 Å². The van der Waals surface area contributed by atoms with Crippen LogP contribution in [0, 0.1) is 0 Å². The third-order valence-electron chi connectivity index (χ3n) is 4.24. The number of ether oxygens (including phenoxy) is 1. The zero-order valence-corrected chi connectivity index (χ0v) is 13.8. The van der Waals surface area contributed by atoms with Gasteiger partial charge in [0.05, 0.1) is 18.7 Å². The Morgan fingerprint density at radius 3 is 2.88 bits per heavy atom. The van der Waals surface area contributed by atoms with Crippen molar-refractivity contribution in [2.75, 3.05) is 50.4 Å². The molecule has 0 saturated carbocycles. The summed E-state index contributed by atoms with van der Waals surface area (Å²) in [7, 11) is 0. The average Bonchev–Trinajstić information content (AvgIpc) is 3.08. The van der Waals surface area contributed by atoms with Crippen LogP contribution < -0.4 is 11.1 Å². The van der Waals surface area contributed by atoms with Crippen LogP contribution in [0.1, 0.15) is 0 Å². The van der Waals surface area contributed by atoms with Crippen molar-refractivity contribution in [1.82, 2.24) is 29.9 Å². The molecule has 2 aromatic heterocycles. The monoisotopic (exact) mass is 340 g/mol. The average molecular weight is 340 g/mol. The Kier molecular flexibility index (Phi) is 4.40. The molecule has 1 aliphatic rings. The maximum atomic E-state index is 6.28. The fourth-order valence-electron chi connectivity index (χ4n) is 2.88. The van der Waals surface area contributed by atoms with Gasteiger partial charge < -0.3 is 15.8 Å². The molecule has 0 aliphatic carbocycles. The van der Waals surface area contributed by atoms with Gasteiger partial charge in [-0.15, -0.1) is 5.10 Å². The van der Waals surface area contributed by atoms with Gasteiger partial charge in [-0.1, -0.05) is 17.3 Å². The largest absolute Gasteiger partial charge is 0.393 e. The number of benzene rings is 1. The van der Waals surface area contributed by atoms with Crippen LogP contribution in [0.2, 0.25) is 0 Å². The molecule has 1 aliphatic heterocycles. The molecule has 0 unspecified atom stereocenters. The van der Waals surface area contributed by atoms with Gasteiger partial charge in [0.1, 0.15) is 17.5 Å². The van der Waals surface area contributed by atoms with E-state index >= 15 is 0 Å². The number of fused-ring (bicyclic) bond motifs is 1. The van der Waals surface area contributed by atoms with E-state index in [9.17, 15) is 0 Å².